The molecule has 4 atom stereocenters. The molecule has 5 heteroatoms. The van der Waals surface area contributed by atoms with E-state index in [4.69, 9.17) is 0 Å². The number of hydrogen-bond donors (Lipinski definition) is 1. The zero-order chi connectivity index (χ0) is 23.5. The highest BCUT2D eigenvalue weighted by Crippen LogP contribution is 2.43. The van der Waals surface area contributed by atoms with Crippen LogP contribution in [0.1, 0.15) is 73.7 Å². The van der Waals surface area contributed by atoms with E-state index in [1.54, 1.807) is 19.1 Å². The largest absolute Gasteiger partial charge is 0.508 e. The molecule has 4 nitrogen and oxygen atoms in total. The van der Waals surface area contributed by atoms with Crippen molar-refractivity contribution in [3.05, 3.63) is 98.4 Å². The van der Waals surface area contributed by atoms with Gasteiger partial charge in [0.1, 0.15) is 11.6 Å². The van der Waals surface area contributed by atoms with Crippen molar-refractivity contribution in [2.24, 2.45) is 11.8 Å². The van der Waals surface area contributed by atoms with Gasteiger partial charge in [-0.15, -0.1) is 0 Å². The van der Waals surface area contributed by atoms with Gasteiger partial charge >= 0.3 is 0 Å². The number of aromatic hydroxyl groups is 1. The van der Waals surface area contributed by atoms with Crippen LogP contribution in [0.25, 0.3) is 0 Å². The molecule has 0 amide bonds. The van der Waals surface area contributed by atoms with Crippen LogP contribution < -0.4 is 0 Å². The van der Waals surface area contributed by atoms with E-state index in [-0.39, 0.29) is 16.7 Å². The van der Waals surface area contributed by atoms with Gasteiger partial charge in [-0.2, -0.15) is 0 Å². The fraction of sp³-hybridized carbons (Fsp3) is 0.429. The molecule has 33 heavy (non-hydrogen) atoms. The zero-order valence-corrected chi connectivity index (χ0v) is 19.3. The van der Waals surface area contributed by atoms with Crippen LogP contribution in [0.3, 0.4) is 0 Å². The predicted molar refractivity (Wildman–Crippen MR) is 129 cm³/mol. The molecule has 1 N–H and O–H groups in total. The summed E-state index contributed by atoms with van der Waals surface area (Å²) in [5.41, 5.74) is 5.71. The first-order valence-corrected chi connectivity index (χ1v) is 11.9. The molecule has 3 unspecified atom stereocenters. The summed E-state index contributed by atoms with van der Waals surface area (Å²) in [5, 5.41) is 21.1. The van der Waals surface area contributed by atoms with E-state index in [2.05, 4.69) is 13.0 Å². The molecule has 0 saturated carbocycles. The SMILES string of the molecule is CC1CC(F)=CC=C1CCC1CCc2cc(O)ccc2C1Cc1ccc([C@H](C)[N+](=O)[O-])cc1. The average Bonchev–Trinajstić information content (AvgIpc) is 2.79. The van der Waals surface area contributed by atoms with E-state index in [1.165, 1.54) is 22.3 Å². The van der Waals surface area contributed by atoms with Crippen molar-refractivity contribution >= 4 is 0 Å². The highest BCUT2D eigenvalue weighted by molar-refractivity contribution is 5.40. The van der Waals surface area contributed by atoms with Gasteiger partial charge in [0.15, 0.2) is 0 Å². The van der Waals surface area contributed by atoms with Crippen LogP contribution >= 0.6 is 0 Å². The summed E-state index contributed by atoms with van der Waals surface area (Å²) in [7, 11) is 0. The number of rotatable bonds is 7. The maximum absolute atomic E-state index is 13.6. The lowest BCUT2D eigenvalue weighted by atomic mass is 9.70. The fourth-order valence-corrected chi connectivity index (χ4v) is 5.43. The van der Waals surface area contributed by atoms with E-state index in [0.29, 0.717) is 29.6 Å². The summed E-state index contributed by atoms with van der Waals surface area (Å²) < 4.78 is 13.6. The molecular formula is C28H32FNO3. The smallest absolute Gasteiger partial charge is 0.235 e. The highest BCUT2D eigenvalue weighted by Gasteiger charge is 2.30. The molecule has 0 aliphatic heterocycles. The Labute approximate surface area is 195 Å². The van der Waals surface area contributed by atoms with E-state index in [0.717, 1.165) is 32.1 Å². The van der Waals surface area contributed by atoms with Crippen molar-refractivity contribution in [2.45, 2.75) is 64.3 Å². The molecule has 0 aromatic heterocycles. The van der Waals surface area contributed by atoms with Crippen molar-refractivity contribution in [1.82, 2.24) is 0 Å². The number of aryl methyl sites for hydroxylation is 1. The number of nitro groups is 1. The standard InChI is InChI=1S/C28H32FNO3/c1-18-15-25(29)12-11-21(18)7-8-23-9-10-24-17-26(31)13-14-27(24)28(23)16-20-3-5-22(6-4-20)19(2)30(32)33/h3-6,11-14,17-19,23,28,31H,7-10,15-16H2,1-2H3/t18?,19-,23?,28?/m0/s1. The summed E-state index contributed by atoms with van der Waals surface area (Å²) in [6, 6.07) is 12.8. The Morgan fingerprint density at radius 3 is 2.64 bits per heavy atom. The van der Waals surface area contributed by atoms with Crippen molar-refractivity contribution in [3.63, 3.8) is 0 Å². The van der Waals surface area contributed by atoms with E-state index in [1.807, 2.05) is 36.4 Å². The summed E-state index contributed by atoms with van der Waals surface area (Å²) in [6.45, 7) is 3.71. The molecule has 2 aromatic rings. The van der Waals surface area contributed by atoms with E-state index in [9.17, 15) is 19.6 Å². The minimum absolute atomic E-state index is 0.0367. The normalized spacial score (nSPS) is 23.3. The first-order valence-electron chi connectivity index (χ1n) is 11.9. The number of nitrogens with zero attached hydrogens (tertiary/aromatic N) is 1. The van der Waals surface area contributed by atoms with Crippen LogP contribution in [0.5, 0.6) is 5.75 Å². The maximum atomic E-state index is 13.6. The number of fused-ring (bicyclic) bond motifs is 1. The summed E-state index contributed by atoms with van der Waals surface area (Å²) in [4.78, 5) is 10.8. The third-order valence-corrected chi connectivity index (χ3v) is 7.53. The average molecular weight is 450 g/mol. The lowest BCUT2D eigenvalue weighted by Crippen LogP contribution is -2.23. The van der Waals surface area contributed by atoms with Crippen LogP contribution in [0, 0.1) is 22.0 Å². The molecular weight excluding hydrogens is 417 g/mol. The Balaban J connectivity index is 1.55. The van der Waals surface area contributed by atoms with Gasteiger partial charge < -0.3 is 5.11 Å². The lowest BCUT2D eigenvalue weighted by Gasteiger charge is -2.35. The number of phenolic OH excluding ortho intramolecular Hbond substituents is 1. The topological polar surface area (TPSA) is 63.4 Å². The van der Waals surface area contributed by atoms with Gasteiger partial charge in [0, 0.05) is 23.8 Å². The van der Waals surface area contributed by atoms with Gasteiger partial charge in [-0.3, -0.25) is 10.1 Å². The fourth-order valence-electron chi connectivity index (χ4n) is 5.43. The second-order valence-electron chi connectivity index (χ2n) is 9.69. The molecule has 0 saturated heterocycles. The summed E-state index contributed by atoms with van der Waals surface area (Å²) in [6.07, 6.45) is 8.96. The molecule has 0 radical (unpaired) electrons. The van der Waals surface area contributed by atoms with Gasteiger partial charge in [0.2, 0.25) is 6.04 Å². The van der Waals surface area contributed by atoms with Gasteiger partial charge in [-0.25, -0.2) is 4.39 Å². The molecule has 0 fully saturated rings. The Hall–Kier alpha value is -2.95. The Bertz CT molecular complexity index is 1070. The molecule has 174 valence electrons. The van der Waals surface area contributed by atoms with E-state index >= 15 is 0 Å². The van der Waals surface area contributed by atoms with Gasteiger partial charge in [0.05, 0.1) is 0 Å². The number of benzene rings is 2. The number of phenols is 1. The summed E-state index contributed by atoms with van der Waals surface area (Å²) in [5.74, 6) is 1.32. The molecule has 4 rings (SSSR count). The Morgan fingerprint density at radius 2 is 1.94 bits per heavy atom. The number of hydrogen-bond acceptors (Lipinski definition) is 3. The molecule has 2 aromatic carbocycles. The van der Waals surface area contributed by atoms with E-state index < -0.39 is 6.04 Å². The molecule has 2 aliphatic rings. The van der Waals surface area contributed by atoms with Crippen molar-refractivity contribution in [3.8, 4) is 5.75 Å². The molecule has 0 bridgehead atoms. The third kappa shape index (κ3) is 5.35. The quantitative estimate of drug-likeness (QED) is 0.358. The van der Waals surface area contributed by atoms with Crippen molar-refractivity contribution in [1.29, 1.82) is 0 Å². The lowest BCUT2D eigenvalue weighted by molar-refractivity contribution is -0.524. The second-order valence-corrected chi connectivity index (χ2v) is 9.69. The number of halogens is 1. The van der Waals surface area contributed by atoms with Gasteiger partial charge in [-0.1, -0.05) is 48.9 Å². The zero-order valence-electron chi connectivity index (χ0n) is 19.3. The molecule has 0 heterocycles. The Kier molecular flexibility index (Phi) is 6.96. The van der Waals surface area contributed by atoms with Crippen molar-refractivity contribution in [2.75, 3.05) is 0 Å². The highest BCUT2D eigenvalue weighted by atomic mass is 19.1. The van der Waals surface area contributed by atoms with Crippen LogP contribution in [0.2, 0.25) is 0 Å². The van der Waals surface area contributed by atoms with Gasteiger partial charge in [-0.05, 0) is 84.8 Å². The monoisotopic (exact) mass is 449 g/mol. The van der Waals surface area contributed by atoms with Gasteiger partial charge in [0.25, 0.3) is 0 Å². The second kappa shape index (κ2) is 9.90. The minimum atomic E-state index is -0.713. The summed E-state index contributed by atoms with van der Waals surface area (Å²) >= 11 is 0. The van der Waals surface area contributed by atoms with Crippen LogP contribution in [-0.4, -0.2) is 10.0 Å². The first kappa shape index (κ1) is 23.2. The van der Waals surface area contributed by atoms with Crippen LogP contribution in [-0.2, 0) is 12.8 Å². The van der Waals surface area contributed by atoms with Crippen molar-refractivity contribution < 1.29 is 14.4 Å². The molecule has 0 spiro atoms. The predicted octanol–water partition coefficient (Wildman–Crippen LogP) is 7.22. The first-order chi connectivity index (χ1) is 15.8. The minimum Gasteiger partial charge on any atom is -0.508 e. The molecule has 2 aliphatic carbocycles. The van der Waals surface area contributed by atoms with Crippen LogP contribution in [0.4, 0.5) is 4.39 Å². The van der Waals surface area contributed by atoms with Crippen LogP contribution in [0.15, 0.2) is 66.0 Å². The third-order valence-electron chi connectivity index (χ3n) is 7.53. The number of allylic oxidation sites excluding steroid dienone is 4. The Morgan fingerprint density at radius 1 is 1.18 bits per heavy atom. The maximum Gasteiger partial charge on any atom is 0.235 e.